The number of amides is 1. The Hall–Kier alpha value is -2.50. The number of carbonyl (C=O) groups excluding carboxylic acids is 1. The summed E-state index contributed by atoms with van der Waals surface area (Å²) in [5, 5.41) is 2.67. The molecule has 1 saturated heterocycles. The zero-order valence-corrected chi connectivity index (χ0v) is 13.1. The van der Waals surface area contributed by atoms with Crippen LogP contribution in [0.4, 0.5) is 15.9 Å². The maximum Gasteiger partial charge on any atom is 0.274 e. The van der Waals surface area contributed by atoms with E-state index < -0.39 is 5.82 Å². The van der Waals surface area contributed by atoms with Crippen molar-refractivity contribution in [2.24, 2.45) is 0 Å². The highest BCUT2D eigenvalue weighted by Crippen LogP contribution is 2.19. The van der Waals surface area contributed by atoms with Crippen molar-refractivity contribution in [1.82, 2.24) is 9.97 Å². The van der Waals surface area contributed by atoms with Gasteiger partial charge in [0.05, 0.1) is 0 Å². The smallest absolute Gasteiger partial charge is 0.274 e. The summed E-state index contributed by atoms with van der Waals surface area (Å²) in [6.45, 7) is 3.66. The van der Waals surface area contributed by atoms with E-state index in [1.54, 1.807) is 25.1 Å². The quantitative estimate of drug-likeness (QED) is 0.945. The van der Waals surface area contributed by atoms with Crippen LogP contribution in [0.2, 0.25) is 0 Å². The van der Waals surface area contributed by atoms with Crippen LogP contribution >= 0.6 is 0 Å². The largest absolute Gasteiger partial charge is 0.356 e. The van der Waals surface area contributed by atoms with Gasteiger partial charge in [-0.15, -0.1) is 0 Å². The maximum atomic E-state index is 13.2. The highest BCUT2D eigenvalue weighted by molar-refractivity contribution is 6.03. The number of nitrogens with zero attached hydrogens (tertiary/aromatic N) is 3. The van der Waals surface area contributed by atoms with Crippen LogP contribution in [0.5, 0.6) is 0 Å². The molecule has 5 nitrogen and oxygen atoms in total. The monoisotopic (exact) mass is 314 g/mol. The standard InChI is InChI=1S/C17H19FN4O/c1-12-19-15(11-16(20-12)22-8-3-2-4-9-22)17(23)21-14-7-5-6-13(18)10-14/h5-7,10-11H,2-4,8-9H2,1H3,(H,21,23). The van der Waals surface area contributed by atoms with Crippen molar-refractivity contribution in [3.8, 4) is 0 Å². The van der Waals surface area contributed by atoms with E-state index in [-0.39, 0.29) is 5.91 Å². The number of hydrogen-bond acceptors (Lipinski definition) is 4. The Kier molecular flexibility index (Phi) is 4.50. The highest BCUT2D eigenvalue weighted by Gasteiger charge is 2.16. The third kappa shape index (κ3) is 3.83. The van der Waals surface area contributed by atoms with E-state index in [4.69, 9.17) is 0 Å². The third-order valence-electron chi connectivity index (χ3n) is 3.82. The molecule has 0 radical (unpaired) electrons. The number of anilines is 2. The van der Waals surface area contributed by atoms with Gasteiger partial charge in [-0.1, -0.05) is 6.07 Å². The Morgan fingerprint density at radius 3 is 2.70 bits per heavy atom. The second-order valence-corrected chi connectivity index (χ2v) is 5.67. The van der Waals surface area contributed by atoms with Gasteiger partial charge in [-0.2, -0.15) is 0 Å². The Bertz CT molecular complexity index is 713. The van der Waals surface area contributed by atoms with E-state index in [9.17, 15) is 9.18 Å². The molecule has 1 N–H and O–H groups in total. The zero-order valence-electron chi connectivity index (χ0n) is 13.1. The molecule has 120 valence electrons. The number of aryl methyl sites for hydroxylation is 1. The first-order chi connectivity index (χ1) is 11.1. The van der Waals surface area contributed by atoms with Crippen molar-refractivity contribution in [3.05, 3.63) is 47.7 Å². The van der Waals surface area contributed by atoms with E-state index >= 15 is 0 Å². The molecule has 2 heterocycles. The van der Waals surface area contributed by atoms with Crippen LogP contribution in [0.25, 0.3) is 0 Å². The number of carbonyl (C=O) groups is 1. The summed E-state index contributed by atoms with van der Waals surface area (Å²) in [5.41, 5.74) is 0.702. The lowest BCUT2D eigenvalue weighted by molar-refractivity contribution is 0.102. The molecular formula is C17H19FN4O. The van der Waals surface area contributed by atoms with Crippen molar-refractivity contribution in [2.75, 3.05) is 23.3 Å². The summed E-state index contributed by atoms with van der Waals surface area (Å²) in [7, 11) is 0. The SMILES string of the molecule is Cc1nc(C(=O)Nc2cccc(F)c2)cc(N2CCCCC2)n1. The van der Waals surface area contributed by atoms with Crippen molar-refractivity contribution >= 4 is 17.4 Å². The van der Waals surface area contributed by atoms with Gasteiger partial charge in [-0.3, -0.25) is 4.79 Å². The minimum atomic E-state index is -0.393. The summed E-state index contributed by atoms with van der Waals surface area (Å²) >= 11 is 0. The van der Waals surface area contributed by atoms with Gasteiger partial charge in [0.15, 0.2) is 0 Å². The van der Waals surface area contributed by atoms with E-state index in [0.717, 1.165) is 31.7 Å². The highest BCUT2D eigenvalue weighted by atomic mass is 19.1. The topological polar surface area (TPSA) is 58.1 Å². The first-order valence-electron chi connectivity index (χ1n) is 7.79. The number of nitrogens with one attached hydrogen (secondary N) is 1. The average molecular weight is 314 g/mol. The van der Waals surface area contributed by atoms with Gasteiger partial charge >= 0.3 is 0 Å². The first-order valence-corrected chi connectivity index (χ1v) is 7.79. The molecule has 2 aromatic rings. The summed E-state index contributed by atoms with van der Waals surface area (Å²) in [4.78, 5) is 23.2. The van der Waals surface area contributed by atoms with E-state index in [1.807, 2.05) is 0 Å². The summed E-state index contributed by atoms with van der Waals surface area (Å²) < 4.78 is 13.2. The number of rotatable bonds is 3. The van der Waals surface area contributed by atoms with Gasteiger partial charge in [-0.05, 0) is 44.4 Å². The predicted octanol–water partition coefficient (Wildman–Crippen LogP) is 3.17. The lowest BCUT2D eigenvalue weighted by Crippen LogP contribution is -2.31. The zero-order chi connectivity index (χ0) is 16.2. The molecular weight excluding hydrogens is 295 g/mol. The lowest BCUT2D eigenvalue weighted by Gasteiger charge is -2.28. The normalized spacial score (nSPS) is 14.6. The van der Waals surface area contributed by atoms with E-state index in [0.29, 0.717) is 17.2 Å². The van der Waals surface area contributed by atoms with Crippen molar-refractivity contribution in [2.45, 2.75) is 26.2 Å². The Balaban J connectivity index is 1.81. The van der Waals surface area contributed by atoms with Gasteiger partial charge in [0.2, 0.25) is 0 Å². The molecule has 1 aromatic heterocycles. The van der Waals surface area contributed by atoms with Crippen molar-refractivity contribution in [1.29, 1.82) is 0 Å². The maximum absolute atomic E-state index is 13.2. The van der Waals surface area contributed by atoms with Crippen LogP contribution < -0.4 is 10.2 Å². The minimum absolute atomic E-state index is 0.294. The first kappa shape index (κ1) is 15.4. The fourth-order valence-corrected chi connectivity index (χ4v) is 2.71. The van der Waals surface area contributed by atoms with Gasteiger partial charge in [0, 0.05) is 24.8 Å². The number of hydrogen-bond donors (Lipinski definition) is 1. The molecule has 0 unspecified atom stereocenters. The van der Waals surface area contributed by atoms with Crippen LogP contribution in [0.1, 0.15) is 35.6 Å². The Morgan fingerprint density at radius 2 is 1.96 bits per heavy atom. The van der Waals surface area contributed by atoms with Crippen LogP contribution in [-0.4, -0.2) is 29.0 Å². The van der Waals surface area contributed by atoms with E-state index in [1.165, 1.54) is 18.6 Å². The Morgan fingerprint density at radius 1 is 1.17 bits per heavy atom. The molecule has 23 heavy (non-hydrogen) atoms. The number of aromatic nitrogens is 2. The van der Waals surface area contributed by atoms with Gasteiger partial charge in [0.1, 0.15) is 23.2 Å². The molecule has 1 aliphatic rings. The third-order valence-corrected chi connectivity index (χ3v) is 3.82. The molecule has 6 heteroatoms. The molecule has 0 spiro atoms. The molecule has 1 amide bonds. The molecule has 0 atom stereocenters. The van der Waals surface area contributed by atoms with Crippen molar-refractivity contribution < 1.29 is 9.18 Å². The molecule has 3 rings (SSSR count). The summed E-state index contributed by atoms with van der Waals surface area (Å²) in [6, 6.07) is 7.50. The molecule has 0 saturated carbocycles. The van der Waals surface area contributed by atoms with Crippen molar-refractivity contribution in [3.63, 3.8) is 0 Å². The summed E-state index contributed by atoms with van der Waals surface area (Å²) in [5.74, 6) is 0.578. The van der Waals surface area contributed by atoms with Gasteiger partial charge < -0.3 is 10.2 Å². The van der Waals surface area contributed by atoms with Crippen LogP contribution in [0, 0.1) is 12.7 Å². The van der Waals surface area contributed by atoms with Gasteiger partial charge in [-0.25, -0.2) is 14.4 Å². The van der Waals surface area contributed by atoms with Crippen LogP contribution in [0.3, 0.4) is 0 Å². The van der Waals surface area contributed by atoms with Gasteiger partial charge in [0.25, 0.3) is 5.91 Å². The van der Waals surface area contributed by atoms with Crippen LogP contribution in [0.15, 0.2) is 30.3 Å². The minimum Gasteiger partial charge on any atom is -0.356 e. The van der Waals surface area contributed by atoms with E-state index in [2.05, 4.69) is 20.2 Å². The van der Waals surface area contributed by atoms with Crippen LogP contribution in [-0.2, 0) is 0 Å². The number of piperidine rings is 1. The molecule has 0 aliphatic carbocycles. The average Bonchev–Trinajstić information content (AvgIpc) is 2.55. The predicted molar refractivity (Wildman–Crippen MR) is 87.2 cm³/mol. The number of halogens is 1. The molecule has 1 aromatic carbocycles. The second kappa shape index (κ2) is 6.73. The lowest BCUT2D eigenvalue weighted by atomic mass is 10.1. The molecule has 1 fully saturated rings. The fourth-order valence-electron chi connectivity index (χ4n) is 2.71. The fraction of sp³-hybridized carbons (Fsp3) is 0.353. The molecule has 0 bridgehead atoms. The number of benzene rings is 1. The molecule has 1 aliphatic heterocycles. The second-order valence-electron chi connectivity index (χ2n) is 5.67. The Labute approximate surface area is 134 Å². The summed E-state index contributed by atoms with van der Waals surface area (Å²) in [6.07, 6.45) is 3.50.